The van der Waals surface area contributed by atoms with Gasteiger partial charge in [0.05, 0.1) is 17.5 Å². The highest BCUT2D eigenvalue weighted by Crippen LogP contribution is 2.30. The Kier molecular flexibility index (Phi) is 3.78. The van der Waals surface area contributed by atoms with E-state index in [0.29, 0.717) is 18.9 Å². The van der Waals surface area contributed by atoms with E-state index >= 15 is 0 Å². The highest BCUT2D eigenvalue weighted by atomic mass is 32.1. The zero-order valence-corrected chi connectivity index (χ0v) is 14.2. The molecule has 0 radical (unpaired) electrons. The van der Waals surface area contributed by atoms with E-state index in [0.717, 1.165) is 41.1 Å². The molecule has 1 aliphatic heterocycles. The van der Waals surface area contributed by atoms with E-state index in [9.17, 15) is 13.2 Å². The van der Waals surface area contributed by atoms with Crippen molar-refractivity contribution >= 4 is 27.2 Å². The molecule has 4 heterocycles. The lowest BCUT2D eigenvalue weighted by Crippen LogP contribution is -2.46. The number of hydrogen-bond acceptors (Lipinski definition) is 6. The van der Waals surface area contributed by atoms with E-state index < -0.39 is 11.7 Å². The number of nitrogens with zero attached hydrogens (tertiary/aromatic N) is 6. The molecule has 132 valence electrons. The van der Waals surface area contributed by atoms with Crippen LogP contribution in [0.2, 0.25) is 0 Å². The zero-order chi connectivity index (χ0) is 17.6. The molecule has 0 amide bonds. The van der Waals surface area contributed by atoms with Crippen molar-refractivity contribution in [3.63, 3.8) is 0 Å². The van der Waals surface area contributed by atoms with Crippen LogP contribution in [0.4, 0.5) is 24.1 Å². The summed E-state index contributed by atoms with van der Waals surface area (Å²) in [7, 11) is 0. The molecule has 0 atom stereocenters. The van der Waals surface area contributed by atoms with Gasteiger partial charge in [-0.3, -0.25) is 0 Å². The van der Waals surface area contributed by atoms with Gasteiger partial charge in [-0.15, -0.1) is 5.10 Å². The van der Waals surface area contributed by atoms with Gasteiger partial charge in [0.2, 0.25) is 10.1 Å². The highest BCUT2D eigenvalue weighted by molar-refractivity contribution is 7.20. The molecule has 0 bridgehead atoms. The first-order valence-electron chi connectivity index (χ1n) is 7.76. The summed E-state index contributed by atoms with van der Waals surface area (Å²) in [4.78, 5) is 13.4. The topological polar surface area (TPSA) is 49.6 Å². The van der Waals surface area contributed by atoms with Gasteiger partial charge in [0.15, 0.2) is 0 Å². The second-order valence-corrected chi connectivity index (χ2v) is 6.81. The third kappa shape index (κ3) is 3.13. The van der Waals surface area contributed by atoms with Gasteiger partial charge in [0.25, 0.3) is 0 Å². The van der Waals surface area contributed by atoms with Crippen LogP contribution in [-0.4, -0.2) is 45.8 Å². The number of anilines is 2. The van der Waals surface area contributed by atoms with Crippen LogP contribution >= 0.6 is 11.3 Å². The molecule has 3 aromatic rings. The van der Waals surface area contributed by atoms with Gasteiger partial charge < -0.3 is 9.80 Å². The Morgan fingerprint density at radius 3 is 2.40 bits per heavy atom. The number of aromatic nitrogens is 4. The zero-order valence-electron chi connectivity index (χ0n) is 13.4. The Labute approximate surface area is 145 Å². The molecule has 4 rings (SSSR count). The molecule has 3 aromatic heterocycles. The largest absolute Gasteiger partial charge is 0.417 e. The minimum absolute atomic E-state index is 0.567. The van der Waals surface area contributed by atoms with Crippen LogP contribution in [0.1, 0.15) is 11.3 Å². The molecule has 0 saturated carbocycles. The lowest BCUT2D eigenvalue weighted by molar-refractivity contribution is -0.137. The normalized spacial score (nSPS) is 16.0. The molecule has 1 saturated heterocycles. The Balaban J connectivity index is 1.43. The molecule has 25 heavy (non-hydrogen) atoms. The Morgan fingerprint density at radius 1 is 1.08 bits per heavy atom. The number of alkyl halides is 3. The summed E-state index contributed by atoms with van der Waals surface area (Å²) < 4.78 is 39.6. The van der Waals surface area contributed by atoms with Gasteiger partial charge in [0, 0.05) is 32.4 Å². The van der Waals surface area contributed by atoms with Crippen molar-refractivity contribution in [1.29, 1.82) is 0 Å². The Hall–Kier alpha value is -2.36. The SMILES string of the molecule is Cc1cn2nc(N3CCN(c4ccc(C(F)(F)F)cn4)CC3)sc2n1. The number of fused-ring (bicyclic) bond motifs is 1. The molecule has 10 heteroatoms. The van der Waals surface area contributed by atoms with Crippen molar-refractivity contribution in [3.8, 4) is 0 Å². The monoisotopic (exact) mass is 368 g/mol. The lowest BCUT2D eigenvalue weighted by Gasteiger charge is -2.35. The quantitative estimate of drug-likeness (QED) is 0.696. The maximum Gasteiger partial charge on any atom is 0.417 e. The van der Waals surface area contributed by atoms with Crippen LogP contribution in [0.5, 0.6) is 0 Å². The number of pyridine rings is 1. The number of piperazine rings is 1. The molecular formula is C15H15F3N6S. The van der Waals surface area contributed by atoms with Crippen LogP contribution in [0.3, 0.4) is 0 Å². The molecule has 0 unspecified atom stereocenters. The summed E-state index contributed by atoms with van der Waals surface area (Å²) in [5.41, 5.74) is 0.208. The summed E-state index contributed by atoms with van der Waals surface area (Å²) in [6, 6.07) is 2.51. The summed E-state index contributed by atoms with van der Waals surface area (Å²) in [5.74, 6) is 0.567. The van der Waals surface area contributed by atoms with Crippen LogP contribution in [0.15, 0.2) is 24.5 Å². The van der Waals surface area contributed by atoms with Crippen LogP contribution in [-0.2, 0) is 6.18 Å². The van der Waals surface area contributed by atoms with E-state index in [4.69, 9.17) is 0 Å². The average molecular weight is 368 g/mol. The molecule has 1 aliphatic rings. The minimum Gasteiger partial charge on any atom is -0.353 e. The van der Waals surface area contributed by atoms with Gasteiger partial charge in [-0.1, -0.05) is 11.3 Å². The number of rotatable bonds is 2. The van der Waals surface area contributed by atoms with E-state index in [2.05, 4.69) is 20.0 Å². The maximum absolute atomic E-state index is 12.6. The van der Waals surface area contributed by atoms with Gasteiger partial charge >= 0.3 is 6.18 Å². The van der Waals surface area contributed by atoms with Crippen LogP contribution in [0, 0.1) is 6.92 Å². The summed E-state index contributed by atoms with van der Waals surface area (Å²) >= 11 is 1.53. The highest BCUT2D eigenvalue weighted by Gasteiger charge is 2.31. The first-order chi connectivity index (χ1) is 11.9. The van der Waals surface area contributed by atoms with Crippen LogP contribution in [0.25, 0.3) is 4.96 Å². The van der Waals surface area contributed by atoms with Gasteiger partial charge in [-0.2, -0.15) is 13.2 Å². The molecule has 0 aliphatic carbocycles. The fraction of sp³-hybridized carbons (Fsp3) is 0.400. The number of halogens is 3. The molecule has 6 nitrogen and oxygen atoms in total. The van der Waals surface area contributed by atoms with Gasteiger partial charge in [-0.25, -0.2) is 14.5 Å². The molecule has 0 N–H and O–H groups in total. The summed E-state index contributed by atoms with van der Waals surface area (Å²) in [6.07, 6.45) is -1.58. The second-order valence-electron chi connectivity index (χ2n) is 5.87. The fourth-order valence-electron chi connectivity index (χ4n) is 2.79. The molecule has 1 fully saturated rings. The minimum atomic E-state index is -4.36. The fourth-order valence-corrected chi connectivity index (χ4v) is 3.77. The number of aryl methyl sites for hydroxylation is 1. The van der Waals surface area contributed by atoms with Crippen molar-refractivity contribution in [2.75, 3.05) is 36.0 Å². The van der Waals surface area contributed by atoms with Crippen molar-refractivity contribution in [2.45, 2.75) is 13.1 Å². The predicted molar refractivity (Wildman–Crippen MR) is 89.3 cm³/mol. The van der Waals surface area contributed by atoms with Crippen LogP contribution < -0.4 is 9.80 Å². The summed E-state index contributed by atoms with van der Waals surface area (Å²) in [5, 5.41) is 5.44. The molecule has 0 aromatic carbocycles. The van der Waals surface area contributed by atoms with Gasteiger partial charge in [0.1, 0.15) is 5.82 Å². The number of imidazole rings is 1. The van der Waals surface area contributed by atoms with Gasteiger partial charge in [-0.05, 0) is 19.1 Å². The molecule has 0 spiro atoms. The van der Waals surface area contributed by atoms with E-state index in [1.165, 1.54) is 17.4 Å². The first kappa shape index (κ1) is 16.1. The Bertz CT molecular complexity index is 845. The third-order valence-electron chi connectivity index (χ3n) is 4.10. The van der Waals surface area contributed by atoms with E-state index in [1.54, 1.807) is 4.52 Å². The van der Waals surface area contributed by atoms with E-state index in [-0.39, 0.29) is 0 Å². The lowest BCUT2D eigenvalue weighted by atomic mass is 10.2. The smallest absolute Gasteiger partial charge is 0.353 e. The average Bonchev–Trinajstić information content (AvgIpc) is 3.12. The predicted octanol–water partition coefficient (Wildman–Crippen LogP) is 2.84. The Morgan fingerprint density at radius 2 is 1.80 bits per heavy atom. The van der Waals surface area contributed by atoms with Crippen molar-refractivity contribution in [2.24, 2.45) is 0 Å². The van der Waals surface area contributed by atoms with Crippen molar-refractivity contribution < 1.29 is 13.2 Å². The van der Waals surface area contributed by atoms with E-state index in [1.807, 2.05) is 18.0 Å². The summed E-state index contributed by atoms with van der Waals surface area (Å²) in [6.45, 7) is 4.76. The maximum atomic E-state index is 12.6. The second kappa shape index (κ2) is 5.87. The standard InChI is InChI=1S/C15H15F3N6S/c1-10-9-24-13(20-10)25-14(21-24)23-6-4-22(5-7-23)12-3-2-11(8-19-12)15(16,17)18/h2-3,8-9H,4-7H2,1H3. The molecular weight excluding hydrogens is 353 g/mol. The number of hydrogen-bond donors (Lipinski definition) is 0. The van der Waals surface area contributed by atoms with Crippen molar-refractivity contribution in [3.05, 3.63) is 35.8 Å². The third-order valence-corrected chi connectivity index (χ3v) is 5.09. The first-order valence-corrected chi connectivity index (χ1v) is 8.58. The van der Waals surface area contributed by atoms with Crippen molar-refractivity contribution in [1.82, 2.24) is 19.6 Å².